The third kappa shape index (κ3) is 5.96. The molecule has 0 saturated heterocycles. The molecule has 0 aromatic carbocycles. The largest absolute Gasteiger partial charge is 0.341 e. The Morgan fingerprint density at radius 1 is 1.09 bits per heavy atom. The maximum Gasteiger partial charge on any atom is 0.332 e. The Hall–Kier alpha value is -2.69. The molecule has 32 heavy (non-hydrogen) atoms. The molecule has 0 aliphatic rings. The summed E-state index contributed by atoms with van der Waals surface area (Å²) in [5.74, 6) is 0.0248. The minimum absolute atomic E-state index is 0.211. The lowest BCUT2D eigenvalue weighted by Crippen LogP contribution is -2.41. The van der Waals surface area contributed by atoms with Crippen molar-refractivity contribution in [2.24, 2.45) is 7.05 Å². The Labute approximate surface area is 191 Å². The van der Waals surface area contributed by atoms with Gasteiger partial charge in [-0.25, -0.2) is 19.6 Å². The Kier molecular flexibility index (Phi) is 9.42. The summed E-state index contributed by atoms with van der Waals surface area (Å²) in [6.07, 6.45) is 5.42. The summed E-state index contributed by atoms with van der Waals surface area (Å²) in [4.78, 5) is 58.8. The van der Waals surface area contributed by atoms with E-state index in [9.17, 15) is 19.2 Å². The van der Waals surface area contributed by atoms with Crippen LogP contribution in [0.5, 0.6) is 0 Å². The fourth-order valence-corrected chi connectivity index (χ4v) is 4.17. The van der Waals surface area contributed by atoms with E-state index in [2.05, 4.69) is 27.5 Å². The van der Waals surface area contributed by atoms with Gasteiger partial charge in [0.1, 0.15) is 16.2 Å². The van der Waals surface area contributed by atoms with Gasteiger partial charge in [-0.05, 0) is 19.8 Å². The second-order valence-electron chi connectivity index (χ2n) is 7.58. The van der Waals surface area contributed by atoms with E-state index in [0.29, 0.717) is 35.9 Å². The molecule has 1 unspecified atom stereocenters. The van der Waals surface area contributed by atoms with Crippen LogP contribution < -0.4 is 21.9 Å². The summed E-state index contributed by atoms with van der Waals surface area (Å²) in [5.41, 5.74) is -0.639. The molecular formula is C21H32N6O4S. The first-order chi connectivity index (χ1) is 15.2. The van der Waals surface area contributed by atoms with Crippen molar-refractivity contribution in [1.82, 2.24) is 29.7 Å². The van der Waals surface area contributed by atoms with Gasteiger partial charge in [0.25, 0.3) is 5.56 Å². The lowest BCUT2D eigenvalue weighted by Gasteiger charge is -2.16. The predicted molar refractivity (Wildman–Crippen MR) is 125 cm³/mol. The molecule has 0 bridgehead atoms. The van der Waals surface area contributed by atoms with Crippen LogP contribution in [0.25, 0.3) is 11.0 Å². The van der Waals surface area contributed by atoms with Gasteiger partial charge in [0.2, 0.25) is 5.91 Å². The molecule has 2 N–H and O–H groups in total. The Morgan fingerprint density at radius 3 is 2.44 bits per heavy atom. The second-order valence-corrected chi connectivity index (χ2v) is 8.91. The van der Waals surface area contributed by atoms with E-state index in [4.69, 9.17) is 0 Å². The first kappa shape index (κ1) is 25.6. The highest BCUT2D eigenvalue weighted by molar-refractivity contribution is 8.00. The zero-order valence-electron chi connectivity index (χ0n) is 19.4. The standard InChI is InChI=1S/C21H32N6O4S/c1-6-8-9-10-11-14-23-16-15(19(29)26(5)21(31)27(16)12-7-2)18(24-14)32-13(3)17(28)25-20(30)22-4/h13H,6-12H2,1-5H3,(H2,22,25,28,30). The molecule has 2 aromatic heterocycles. The van der Waals surface area contributed by atoms with Gasteiger partial charge in [-0.3, -0.25) is 24.0 Å². The molecule has 2 aromatic rings. The van der Waals surface area contributed by atoms with Crippen molar-refractivity contribution in [1.29, 1.82) is 0 Å². The topological polar surface area (TPSA) is 128 Å². The van der Waals surface area contributed by atoms with Crippen molar-refractivity contribution >= 4 is 34.7 Å². The van der Waals surface area contributed by atoms with Crippen LogP contribution in [0, 0.1) is 0 Å². The summed E-state index contributed by atoms with van der Waals surface area (Å²) in [5, 5.41) is 4.42. The number of rotatable bonds is 10. The van der Waals surface area contributed by atoms with Crippen molar-refractivity contribution < 1.29 is 9.59 Å². The van der Waals surface area contributed by atoms with E-state index in [1.807, 2.05) is 6.92 Å². The van der Waals surface area contributed by atoms with Crippen molar-refractivity contribution in [3.63, 3.8) is 0 Å². The quantitative estimate of drug-likeness (QED) is 0.312. The Balaban J connectivity index is 2.59. The first-order valence-electron chi connectivity index (χ1n) is 10.9. The molecular weight excluding hydrogens is 432 g/mol. The number of imide groups is 1. The van der Waals surface area contributed by atoms with Crippen LogP contribution in [0.3, 0.4) is 0 Å². The van der Waals surface area contributed by atoms with Crippen molar-refractivity contribution in [2.75, 3.05) is 7.05 Å². The Bertz CT molecular complexity index is 1090. The average molecular weight is 465 g/mol. The summed E-state index contributed by atoms with van der Waals surface area (Å²) in [6.45, 7) is 6.11. The monoisotopic (exact) mass is 464 g/mol. The molecule has 11 heteroatoms. The highest BCUT2D eigenvalue weighted by atomic mass is 32.2. The van der Waals surface area contributed by atoms with Crippen LogP contribution in [0.2, 0.25) is 0 Å². The molecule has 0 spiro atoms. The summed E-state index contributed by atoms with van der Waals surface area (Å²) >= 11 is 1.08. The normalized spacial score (nSPS) is 12.0. The number of carbonyl (C=O) groups is 2. The molecule has 1 atom stereocenters. The highest BCUT2D eigenvalue weighted by Crippen LogP contribution is 2.27. The van der Waals surface area contributed by atoms with Gasteiger partial charge < -0.3 is 5.32 Å². The van der Waals surface area contributed by atoms with Crippen LogP contribution in [-0.2, 0) is 24.8 Å². The number of thioether (sulfide) groups is 1. The SMILES string of the molecule is CCCCCCc1nc(SC(C)C(=O)NC(=O)NC)c2c(=O)n(C)c(=O)n(CCC)c2n1. The predicted octanol–water partition coefficient (Wildman–Crippen LogP) is 1.96. The van der Waals surface area contributed by atoms with Gasteiger partial charge in [-0.15, -0.1) is 0 Å². The fourth-order valence-electron chi connectivity index (χ4n) is 3.21. The van der Waals surface area contributed by atoms with Crippen molar-refractivity contribution in [2.45, 2.75) is 76.1 Å². The zero-order valence-corrected chi connectivity index (χ0v) is 20.2. The van der Waals surface area contributed by atoms with Gasteiger partial charge in [-0.2, -0.15) is 0 Å². The minimum atomic E-state index is -0.699. The smallest absolute Gasteiger partial charge is 0.332 e. The third-order valence-corrected chi connectivity index (χ3v) is 6.10. The number of nitrogens with one attached hydrogen (secondary N) is 2. The maximum absolute atomic E-state index is 13.0. The van der Waals surface area contributed by atoms with Gasteiger partial charge in [-0.1, -0.05) is 44.9 Å². The van der Waals surface area contributed by atoms with E-state index < -0.39 is 28.4 Å². The van der Waals surface area contributed by atoms with Crippen molar-refractivity contribution in [3.05, 3.63) is 26.7 Å². The van der Waals surface area contributed by atoms with Crippen LogP contribution >= 0.6 is 11.8 Å². The molecule has 0 fully saturated rings. The molecule has 0 radical (unpaired) electrons. The number of aryl methyl sites for hydroxylation is 2. The highest BCUT2D eigenvalue weighted by Gasteiger charge is 2.23. The fraction of sp³-hybridized carbons (Fsp3) is 0.619. The number of hydrogen-bond acceptors (Lipinski definition) is 7. The lowest BCUT2D eigenvalue weighted by molar-refractivity contribution is -0.119. The number of nitrogens with zero attached hydrogens (tertiary/aromatic N) is 4. The minimum Gasteiger partial charge on any atom is -0.341 e. The maximum atomic E-state index is 13.0. The Morgan fingerprint density at radius 2 is 1.81 bits per heavy atom. The molecule has 2 heterocycles. The third-order valence-electron chi connectivity index (χ3n) is 5.02. The van der Waals surface area contributed by atoms with E-state index in [1.165, 1.54) is 18.7 Å². The van der Waals surface area contributed by atoms with Gasteiger partial charge in [0.15, 0.2) is 5.65 Å². The molecule has 3 amide bonds. The van der Waals surface area contributed by atoms with E-state index in [0.717, 1.165) is 42.0 Å². The molecule has 0 aliphatic heterocycles. The van der Waals surface area contributed by atoms with E-state index in [-0.39, 0.29) is 5.39 Å². The number of carbonyl (C=O) groups excluding carboxylic acids is 2. The van der Waals surface area contributed by atoms with Gasteiger partial charge >= 0.3 is 11.7 Å². The van der Waals surface area contributed by atoms with Crippen LogP contribution in [0.4, 0.5) is 4.79 Å². The molecule has 0 aliphatic carbocycles. The molecule has 2 rings (SSSR count). The number of hydrogen-bond donors (Lipinski definition) is 2. The van der Waals surface area contributed by atoms with Crippen molar-refractivity contribution in [3.8, 4) is 0 Å². The number of amides is 3. The first-order valence-corrected chi connectivity index (χ1v) is 11.8. The summed E-state index contributed by atoms with van der Waals surface area (Å²) in [6, 6.07) is -0.612. The van der Waals surface area contributed by atoms with Gasteiger partial charge in [0.05, 0.1) is 5.25 Å². The second kappa shape index (κ2) is 11.8. The van der Waals surface area contributed by atoms with E-state index >= 15 is 0 Å². The molecule has 176 valence electrons. The lowest BCUT2D eigenvalue weighted by atomic mass is 10.1. The van der Waals surface area contributed by atoms with Crippen LogP contribution in [0.1, 0.15) is 58.7 Å². The summed E-state index contributed by atoms with van der Waals surface area (Å²) < 4.78 is 2.54. The molecule has 10 nitrogen and oxygen atoms in total. The van der Waals surface area contributed by atoms with Crippen LogP contribution in [0.15, 0.2) is 14.6 Å². The summed E-state index contributed by atoms with van der Waals surface area (Å²) in [7, 11) is 2.84. The number of aromatic nitrogens is 4. The average Bonchev–Trinajstić information content (AvgIpc) is 2.77. The van der Waals surface area contributed by atoms with E-state index in [1.54, 1.807) is 6.92 Å². The van der Waals surface area contributed by atoms with Gasteiger partial charge in [0, 0.05) is 27.1 Å². The number of fused-ring (bicyclic) bond motifs is 1. The molecule has 0 saturated carbocycles. The van der Waals surface area contributed by atoms with Crippen LogP contribution in [-0.4, -0.2) is 43.3 Å². The number of unbranched alkanes of at least 4 members (excludes halogenated alkanes) is 3. The number of urea groups is 1. The zero-order chi connectivity index (χ0) is 23.8.